The predicted octanol–water partition coefficient (Wildman–Crippen LogP) is 6.64. The van der Waals surface area contributed by atoms with Crippen molar-refractivity contribution < 1.29 is 41.0 Å². The molecule has 4 aromatic rings. The lowest BCUT2D eigenvalue weighted by atomic mass is 10.0. The van der Waals surface area contributed by atoms with E-state index in [-0.39, 0.29) is 34.4 Å². The largest absolute Gasteiger partial charge is 0.478 e. The summed E-state index contributed by atoms with van der Waals surface area (Å²) < 4.78 is 83.6. The Labute approximate surface area is 211 Å². The van der Waals surface area contributed by atoms with Crippen LogP contribution in [0.25, 0.3) is 11.0 Å². The van der Waals surface area contributed by atoms with E-state index in [1.807, 2.05) is 0 Å². The Morgan fingerprint density at radius 2 is 1.68 bits per heavy atom. The summed E-state index contributed by atoms with van der Waals surface area (Å²) in [5.74, 6) is -2.50. The van der Waals surface area contributed by atoms with Crippen molar-refractivity contribution in [3.63, 3.8) is 0 Å². The molecule has 0 unspecified atom stereocenters. The lowest BCUT2D eigenvalue weighted by Gasteiger charge is -2.16. The first kappa shape index (κ1) is 26.7. The Morgan fingerprint density at radius 3 is 2.32 bits per heavy atom. The van der Waals surface area contributed by atoms with Gasteiger partial charge in [0.1, 0.15) is 11.3 Å². The maximum atomic E-state index is 14.3. The van der Waals surface area contributed by atoms with Crippen LogP contribution in [-0.2, 0) is 25.3 Å². The normalized spacial score (nSPS) is 12.1. The third-order valence-electron chi connectivity index (χ3n) is 5.92. The molecule has 4 rings (SSSR count). The first-order valence-corrected chi connectivity index (χ1v) is 11.2. The lowest BCUT2D eigenvalue weighted by Crippen LogP contribution is -2.23. The number of carbonyl (C=O) groups excluding carboxylic acids is 1. The molecule has 0 radical (unpaired) electrons. The summed E-state index contributed by atoms with van der Waals surface area (Å²) in [7, 11) is 0. The molecule has 1 amide bonds. The molecule has 0 saturated carbocycles. The van der Waals surface area contributed by atoms with Crippen LogP contribution in [0.3, 0.4) is 0 Å². The van der Waals surface area contributed by atoms with Crippen LogP contribution in [0.4, 0.5) is 32.0 Å². The summed E-state index contributed by atoms with van der Waals surface area (Å²) in [5.41, 5.74) is -3.38. The van der Waals surface area contributed by atoms with Gasteiger partial charge in [-0.1, -0.05) is 25.1 Å². The lowest BCUT2D eigenvalue weighted by molar-refractivity contribution is -0.138. The topological polar surface area (TPSA) is 84.2 Å². The SMILES string of the molecule is CCc1c(NC(=O)c2c(C(F)(F)F)c3cccnc3n2Cc2cccc(C(F)(F)F)c2)cccc1C(=O)O. The third-order valence-corrected chi connectivity index (χ3v) is 5.92. The summed E-state index contributed by atoms with van der Waals surface area (Å²) in [6, 6.07) is 10.4. The Bertz CT molecular complexity index is 1540. The van der Waals surface area contributed by atoms with Crippen LogP contribution in [0.5, 0.6) is 0 Å². The standard InChI is InChI=1S/C26H19F6N3O3/c1-2-16-17(24(37)38)8-4-10-19(16)34-23(36)21-20(26(30,31)32)18-9-5-11-33-22(18)35(21)13-14-6-3-7-15(12-14)25(27,28)29/h3-12H,2,13H2,1H3,(H,34,36)(H,37,38). The first-order valence-electron chi connectivity index (χ1n) is 11.2. The van der Waals surface area contributed by atoms with Gasteiger partial charge in [0.25, 0.3) is 5.91 Å². The number of alkyl halides is 6. The minimum absolute atomic E-state index is 0.00522. The monoisotopic (exact) mass is 535 g/mol. The number of fused-ring (bicyclic) bond motifs is 1. The van der Waals surface area contributed by atoms with Gasteiger partial charge in [-0.05, 0) is 53.9 Å². The van der Waals surface area contributed by atoms with Gasteiger partial charge in [0, 0.05) is 23.8 Å². The van der Waals surface area contributed by atoms with Crippen molar-refractivity contribution in [1.29, 1.82) is 0 Å². The van der Waals surface area contributed by atoms with Gasteiger partial charge in [-0.3, -0.25) is 4.79 Å². The molecular formula is C26H19F6N3O3. The van der Waals surface area contributed by atoms with Crippen LogP contribution in [0.15, 0.2) is 60.8 Å². The molecule has 0 fully saturated rings. The van der Waals surface area contributed by atoms with Crippen LogP contribution in [0, 0.1) is 0 Å². The van der Waals surface area contributed by atoms with E-state index in [0.29, 0.717) is 0 Å². The Hall–Kier alpha value is -4.35. The van der Waals surface area contributed by atoms with Gasteiger partial charge in [-0.15, -0.1) is 0 Å². The molecule has 0 aliphatic carbocycles. The van der Waals surface area contributed by atoms with Crippen molar-refractivity contribution in [2.75, 3.05) is 5.32 Å². The van der Waals surface area contributed by atoms with Crippen LogP contribution in [0.2, 0.25) is 0 Å². The second-order valence-corrected chi connectivity index (χ2v) is 8.32. The van der Waals surface area contributed by atoms with Gasteiger partial charge in [0.05, 0.1) is 16.7 Å². The summed E-state index contributed by atoms with van der Waals surface area (Å²) in [4.78, 5) is 29.0. The van der Waals surface area contributed by atoms with Gasteiger partial charge >= 0.3 is 18.3 Å². The number of carboxylic acids is 1. The highest BCUT2D eigenvalue weighted by atomic mass is 19.4. The molecule has 0 bridgehead atoms. The van der Waals surface area contributed by atoms with Gasteiger partial charge in [-0.25, -0.2) is 9.78 Å². The molecule has 2 aromatic heterocycles. The average Bonchev–Trinajstić information content (AvgIpc) is 3.18. The molecule has 2 heterocycles. The second kappa shape index (κ2) is 9.84. The Kier molecular flexibility index (Phi) is 6.92. The number of rotatable bonds is 6. The maximum absolute atomic E-state index is 14.3. The molecule has 0 saturated heterocycles. The molecule has 0 spiro atoms. The molecule has 198 valence electrons. The average molecular weight is 535 g/mol. The number of hydrogen-bond acceptors (Lipinski definition) is 3. The fourth-order valence-corrected chi connectivity index (χ4v) is 4.35. The number of carboxylic acid groups (broad SMARTS) is 1. The van der Waals surface area contributed by atoms with Gasteiger partial charge in [0.2, 0.25) is 0 Å². The van der Waals surface area contributed by atoms with Crippen LogP contribution in [-0.4, -0.2) is 26.5 Å². The molecule has 12 heteroatoms. The minimum atomic E-state index is -5.02. The zero-order valence-corrected chi connectivity index (χ0v) is 19.6. The van der Waals surface area contributed by atoms with E-state index < -0.39 is 53.0 Å². The maximum Gasteiger partial charge on any atom is 0.419 e. The van der Waals surface area contributed by atoms with E-state index in [9.17, 15) is 41.0 Å². The molecule has 0 atom stereocenters. The van der Waals surface area contributed by atoms with Crippen molar-refractivity contribution in [1.82, 2.24) is 9.55 Å². The smallest absolute Gasteiger partial charge is 0.419 e. The molecule has 38 heavy (non-hydrogen) atoms. The van der Waals surface area contributed by atoms with E-state index in [1.54, 1.807) is 6.92 Å². The number of amides is 1. The molecule has 2 aromatic carbocycles. The van der Waals surface area contributed by atoms with E-state index >= 15 is 0 Å². The van der Waals surface area contributed by atoms with E-state index in [2.05, 4.69) is 10.3 Å². The fourth-order valence-electron chi connectivity index (χ4n) is 4.35. The van der Waals surface area contributed by atoms with Gasteiger partial charge in [-0.2, -0.15) is 26.3 Å². The van der Waals surface area contributed by atoms with Crippen molar-refractivity contribution in [3.05, 3.63) is 94.3 Å². The summed E-state index contributed by atoms with van der Waals surface area (Å²) in [6.45, 7) is 1.10. The second-order valence-electron chi connectivity index (χ2n) is 8.32. The number of halogens is 6. The molecule has 0 aliphatic heterocycles. The molecule has 2 N–H and O–H groups in total. The molecular weight excluding hydrogens is 516 g/mol. The number of aromatic nitrogens is 2. The number of aromatic carboxylic acids is 1. The number of pyridine rings is 1. The van der Waals surface area contributed by atoms with Crippen molar-refractivity contribution in [2.45, 2.75) is 32.2 Å². The summed E-state index contributed by atoms with van der Waals surface area (Å²) in [5, 5.41) is 11.4. The predicted molar refractivity (Wildman–Crippen MR) is 126 cm³/mol. The number of carbonyl (C=O) groups is 2. The fraction of sp³-hybridized carbons (Fsp3) is 0.192. The van der Waals surface area contributed by atoms with Crippen LogP contribution >= 0.6 is 0 Å². The highest BCUT2D eigenvalue weighted by Gasteiger charge is 2.41. The summed E-state index contributed by atoms with van der Waals surface area (Å²) in [6.07, 6.45) is -8.35. The zero-order valence-electron chi connectivity index (χ0n) is 19.6. The van der Waals surface area contributed by atoms with Crippen LogP contribution < -0.4 is 5.32 Å². The third kappa shape index (κ3) is 5.06. The first-order chi connectivity index (χ1) is 17.8. The van der Waals surface area contributed by atoms with Crippen molar-refractivity contribution in [3.8, 4) is 0 Å². The number of anilines is 1. The van der Waals surface area contributed by atoms with E-state index in [4.69, 9.17) is 0 Å². The van der Waals surface area contributed by atoms with Gasteiger partial charge in [0.15, 0.2) is 0 Å². The highest BCUT2D eigenvalue weighted by molar-refractivity contribution is 6.09. The number of hydrogen-bond donors (Lipinski definition) is 2. The highest BCUT2D eigenvalue weighted by Crippen LogP contribution is 2.40. The number of benzene rings is 2. The minimum Gasteiger partial charge on any atom is -0.478 e. The quantitative estimate of drug-likeness (QED) is 0.271. The Balaban J connectivity index is 1.91. The summed E-state index contributed by atoms with van der Waals surface area (Å²) >= 11 is 0. The van der Waals surface area contributed by atoms with Crippen LogP contribution in [0.1, 0.15) is 50.0 Å². The van der Waals surface area contributed by atoms with E-state index in [0.717, 1.165) is 28.8 Å². The van der Waals surface area contributed by atoms with Crippen molar-refractivity contribution >= 4 is 28.6 Å². The number of nitrogens with one attached hydrogen (secondary N) is 1. The molecule has 6 nitrogen and oxygen atoms in total. The number of nitrogens with zero attached hydrogens (tertiary/aromatic N) is 2. The van der Waals surface area contributed by atoms with E-state index in [1.165, 1.54) is 36.5 Å². The zero-order chi connectivity index (χ0) is 27.8. The van der Waals surface area contributed by atoms with Gasteiger partial charge < -0.3 is 15.0 Å². The van der Waals surface area contributed by atoms with Crippen molar-refractivity contribution in [2.24, 2.45) is 0 Å². The molecule has 0 aliphatic rings. The Morgan fingerprint density at radius 1 is 0.974 bits per heavy atom.